The minimum Gasteiger partial charge on any atom is -0.360 e. The molecule has 1 fully saturated rings. The molecule has 1 atom stereocenters. The first-order valence-electron chi connectivity index (χ1n) is 8.68. The van der Waals surface area contributed by atoms with Gasteiger partial charge in [-0.3, -0.25) is 4.79 Å². The van der Waals surface area contributed by atoms with Crippen LogP contribution in [0.25, 0.3) is 22.0 Å². The van der Waals surface area contributed by atoms with Gasteiger partial charge in [-0.05, 0) is 35.6 Å². The van der Waals surface area contributed by atoms with Gasteiger partial charge in [0, 0.05) is 41.3 Å². The summed E-state index contributed by atoms with van der Waals surface area (Å²) in [7, 11) is -3.14. The molecule has 2 aromatic carbocycles. The molecule has 0 radical (unpaired) electrons. The predicted molar refractivity (Wildman–Crippen MR) is 108 cm³/mol. The molecule has 140 valence electrons. The number of nitrogens with zero attached hydrogens (tertiary/aromatic N) is 1. The van der Waals surface area contributed by atoms with E-state index in [-0.39, 0.29) is 5.92 Å². The zero-order chi connectivity index (χ0) is 19.2. The van der Waals surface area contributed by atoms with Crippen molar-refractivity contribution in [3.05, 3.63) is 58.7 Å². The summed E-state index contributed by atoms with van der Waals surface area (Å²) in [5, 5.41) is 1.45. The topological polar surface area (TPSA) is 70.2 Å². The summed E-state index contributed by atoms with van der Waals surface area (Å²) in [5.41, 5.74) is 4.38. The van der Waals surface area contributed by atoms with Gasteiger partial charge in [0.25, 0.3) is 0 Å². The number of halogens is 1. The molecule has 0 bridgehead atoms. The third kappa shape index (κ3) is 3.40. The second-order valence-electron chi connectivity index (χ2n) is 6.97. The lowest BCUT2D eigenvalue weighted by molar-refractivity contribution is 0.112. The van der Waals surface area contributed by atoms with E-state index in [2.05, 4.69) is 4.98 Å². The van der Waals surface area contributed by atoms with Crippen LogP contribution >= 0.6 is 11.6 Å². The van der Waals surface area contributed by atoms with Crippen molar-refractivity contribution < 1.29 is 13.2 Å². The molecule has 27 heavy (non-hydrogen) atoms. The third-order valence-corrected chi connectivity index (χ3v) is 6.82. The lowest BCUT2D eigenvalue weighted by Gasteiger charge is -2.14. The van der Waals surface area contributed by atoms with E-state index in [4.69, 9.17) is 11.6 Å². The summed E-state index contributed by atoms with van der Waals surface area (Å²) < 4.78 is 24.9. The number of carbonyl (C=O) groups is 1. The summed E-state index contributed by atoms with van der Waals surface area (Å²) >= 11 is 6.44. The summed E-state index contributed by atoms with van der Waals surface area (Å²) in [5.74, 6) is 0.207. The average Bonchev–Trinajstić information content (AvgIpc) is 3.28. The van der Waals surface area contributed by atoms with E-state index in [9.17, 15) is 13.2 Å². The molecule has 7 heteroatoms. The van der Waals surface area contributed by atoms with Crippen molar-refractivity contribution in [2.24, 2.45) is 0 Å². The Morgan fingerprint density at radius 3 is 2.59 bits per heavy atom. The Morgan fingerprint density at radius 2 is 1.96 bits per heavy atom. The Hall–Kier alpha value is -2.15. The van der Waals surface area contributed by atoms with E-state index in [1.807, 2.05) is 36.4 Å². The maximum absolute atomic E-state index is 11.7. The van der Waals surface area contributed by atoms with Crippen LogP contribution in [0.3, 0.4) is 0 Å². The minimum absolute atomic E-state index is 0.207. The average molecular weight is 403 g/mol. The first kappa shape index (κ1) is 18.2. The number of nitrogens with one attached hydrogen (secondary N) is 1. The van der Waals surface area contributed by atoms with Crippen LogP contribution in [0.15, 0.2) is 42.6 Å². The van der Waals surface area contributed by atoms with Gasteiger partial charge in [-0.25, -0.2) is 12.7 Å². The molecule has 2 heterocycles. The molecular formula is C20H19ClN2O3S. The van der Waals surface area contributed by atoms with Gasteiger partial charge in [-0.15, -0.1) is 0 Å². The lowest BCUT2D eigenvalue weighted by Crippen LogP contribution is -2.27. The van der Waals surface area contributed by atoms with Gasteiger partial charge < -0.3 is 4.98 Å². The number of carbonyl (C=O) groups excluding carboxylic acids is 1. The van der Waals surface area contributed by atoms with Gasteiger partial charge in [0.05, 0.1) is 11.3 Å². The highest BCUT2D eigenvalue weighted by atomic mass is 35.5. The van der Waals surface area contributed by atoms with E-state index < -0.39 is 10.0 Å². The Morgan fingerprint density at radius 1 is 1.22 bits per heavy atom. The summed E-state index contributed by atoms with van der Waals surface area (Å²) in [4.78, 5) is 14.3. The van der Waals surface area contributed by atoms with Gasteiger partial charge in [0.1, 0.15) is 0 Å². The zero-order valence-corrected chi connectivity index (χ0v) is 16.3. The Labute approximate surface area is 163 Å². The van der Waals surface area contributed by atoms with E-state index in [1.165, 1.54) is 10.6 Å². The van der Waals surface area contributed by atoms with Gasteiger partial charge in [-0.2, -0.15) is 0 Å². The SMILES string of the molecule is CS(=O)(=O)N1CCC(c2ccc(-c3cc4c(C=O)c[nH]c4cc3Cl)cc2)C1. The Bertz CT molecular complexity index is 1120. The number of rotatable bonds is 4. The number of aromatic nitrogens is 1. The van der Waals surface area contributed by atoms with Gasteiger partial charge in [-0.1, -0.05) is 35.9 Å². The smallest absolute Gasteiger partial charge is 0.211 e. The van der Waals surface area contributed by atoms with Crippen LogP contribution < -0.4 is 0 Å². The first-order chi connectivity index (χ1) is 12.9. The van der Waals surface area contributed by atoms with E-state index >= 15 is 0 Å². The van der Waals surface area contributed by atoms with Crippen LogP contribution in [0, 0.1) is 0 Å². The summed E-state index contributed by atoms with van der Waals surface area (Å²) in [6.45, 7) is 1.09. The van der Waals surface area contributed by atoms with Crippen LogP contribution in [-0.2, 0) is 10.0 Å². The maximum Gasteiger partial charge on any atom is 0.211 e. The molecule has 1 N–H and O–H groups in total. The first-order valence-corrected chi connectivity index (χ1v) is 10.9. The molecule has 0 amide bonds. The van der Waals surface area contributed by atoms with Crippen molar-refractivity contribution >= 4 is 38.8 Å². The largest absolute Gasteiger partial charge is 0.360 e. The fourth-order valence-corrected chi connectivity index (χ4v) is 4.88. The number of benzene rings is 2. The van der Waals surface area contributed by atoms with Crippen molar-refractivity contribution in [3.8, 4) is 11.1 Å². The van der Waals surface area contributed by atoms with Crippen molar-refractivity contribution in [1.82, 2.24) is 9.29 Å². The van der Waals surface area contributed by atoms with Crippen LogP contribution in [0.2, 0.25) is 5.02 Å². The highest BCUT2D eigenvalue weighted by Gasteiger charge is 2.29. The second kappa shape index (κ2) is 6.78. The molecule has 0 saturated carbocycles. The molecule has 1 aromatic heterocycles. The summed E-state index contributed by atoms with van der Waals surface area (Å²) in [6.07, 6.45) is 4.58. The fourth-order valence-electron chi connectivity index (χ4n) is 3.72. The predicted octanol–water partition coefficient (Wildman–Crippen LogP) is 4.05. The molecule has 1 saturated heterocycles. The van der Waals surface area contributed by atoms with Crippen LogP contribution in [0.5, 0.6) is 0 Å². The molecular weight excluding hydrogens is 384 g/mol. The van der Waals surface area contributed by atoms with Crippen molar-refractivity contribution in [2.45, 2.75) is 12.3 Å². The maximum atomic E-state index is 11.7. The van der Waals surface area contributed by atoms with Crippen LogP contribution in [0.1, 0.15) is 28.3 Å². The highest BCUT2D eigenvalue weighted by molar-refractivity contribution is 7.88. The molecule has 1 aliphatic heterocycles. The normalized spacial score (nSPS) is 18.2. The number of sulfonamides is 1. The fraction of sp³-hybridized carbons (Fsp3) is 0.250. The Kier molecular flexibility index (Phi) is 4.58. The second-order valence-corrected chi connectivity index (χ2v) is 9.36. The van der Waals surface area contributed by atoms with Crippen molar-refractivity contribution in [3.63, 3.8) is 0 Å². The van der Waals surface area contributed by atoms with E-state index in [0.29, 0.717) is 23.7 Å². The van der Waals surface area contributed by atoms with Crippen LogP contribution in [-0.4, -0.2) is 43.3 Å². The number of H-pyrrole nitrogens is 1. The lowest BCUT2D eigenvalue weighted by atomic mass is 9.95. The molecule has 5 nitrogen and oxygen atoms in total. The standard InChI is InChI=1S/C20H19ClN2O3S/c1-27(25,26)23-7-6-15(11-23)13-2-4-14(5-3-13)17-8-18-16(12-24)10-22-20(18)9-19(17)21/h2-5,8-10,12,15,22H,6-7,11H2,1H3. The number of hydrogen-bond acceptors (Lipinski definition) is 3. The number of hydrogen-bond donors (Lipinski definition) is 1. The van der Waals surface area contributed by atoms with Gasteiger partial charge in [0.15, 0.2) is 6.29 Å². The van der Waals surface area contributed by atoms with Gasteiger partial charge in [0.2, 0.25) is 10.0 Å². The number of aromatic amines is 1. The van der Waals surface area contributed by atoms with Crippen molar-refractivity contribution in [1.29, 1.82) is 0 Å². The third-order valence-electron chi connectivity index (χ3n) is 5.24. The number of fused-ring (bicyclic) bond motifs is 1. The molecule has 4 rings (SSSR count). The van der Waals surface area contributed by atoms with E-state index in [0.717, 1.165) is 40.3 Å². The Balaban J connectivity index is 1.64. The number of aldehydes is 1. The summed E-state index contributed by atoms with van der Waals surface area (Å²) in [6, 6.07) is 11.8. The highest BCUT2D eigenvalue weighted by Crippen LogP contribution is 2.35. The van der Waals surface area contributed by atoms with Crippen LogP contribution in [0.4, 0.5) is 0 Å². The monoisotopic (exact) mass is 402 g/mol. The molecule has 0 spiro atoms. The molecule has 0 aliphatic carbocycles. The van der Waals surface area contributed by atoms with Gasteiger partial charge >= 0.3 is 0 Å². The van der Waals surface area contributed by atoms with E-state index in [1.54, 1.807) is 6.20 Å². The van der Waals surface area contributed by atoms with Crippen molar-refractivity contribution in [2.75, 3.05) is 19.3 Å². The zero-order valence-electron chi connectivity index (χ0n) is 14.8. The minimum atomic E-state index is -3.14. The quantitative estimate of drug-likeness (QED) is 0.669. The molecule has 1 aliphatic rings. The molecule has 1 unspecified atom stereocenters. The molecule has 3 aromatic rings.